The van der Waals surface area contributed by atoms with Gasteiger partial charge in [0.15, 0.2) is 0 Å². The van der Waals surface area contributed by atoms with E-state index in [0.717, 1.165) is 42.1 Å². The number of hydrazone groups is 1. The maximum Gasteiger partial charge on any atom is 0.274 e. The predicted molar refractivity (Wildman–Crippen MR) is 106 cm³/mol. The van der Waals surface area contributed by atoms with Crippen molar-refractivity contribution in [3.05, 3.63) is 89.8 Å². The van der Waals surface area contributed by atoms with E-state index in [1.165, 1.54) is 0 Å². The third kappa shape index (κ3) is 2.89. The Morgan fingerprint density at radius 3 is 2.61 bits per heavy atom. The van der Waals surface area contributed by atoms with Crippen LogP contribution in [0.1, 0.15) is 47.2 Å². The molecule has 140 valence electrons. The van der Waals surface area contributed by atoms with Gasteiger partial charge in [0.05, 0.1) is 18.2 Å². The topological polar surface area (TPSA) is 59.0 Å². The Labute approximate surface area is 163 Å². The third-order valence-electron chi connectivity index (χ3n) is 5.42. The first-order valence-electron chi connectivity index (χ1n) is 9.56. The molecule has 2 aliphatic rings. The molecule has 3 heterocycles. The highest BCUT2D eigenvalue weighted by molar-refractivity contribution is 6.09. The fourth-order valence-corrected chi connectivity index (χ4v) is 4.16. The number of furan rings is 2. The zero-order chi connectivity index (χ0) is 18.9. The van der Waals surface area contributed by atoms with Crippen molar-refractivity contribution in [3.8, 4) is 0 Å². The second-order valence-corrected chi connectivity index (χ2v) is 7.14. The molecule has 0 spiro atoms. The first-order valence-corrected chi connectivity index (χ1v) is 9.56. The fraction of sp³-hybridized carbons (Fsp3) is 0.217. The molecule has 1 aliphatic carbocycles. The summed E-state index contributed by atoms with van der Waals surface area (Å²) in [6.07, 6.45) is 8.30. The van der Waals surface area contributed by atoms with Gasteiger partial charge in [0.25, 0.3) is 5.91 Å². The van der Waals surface area contributed by atoms with E-state index in [4.69, 9.17) is 13.9 Å². The molecule has 1 fully saturated rings. The van der Waals surface area contributed by atoms with Gasteiger partial charge in [0.2, 0.25) is 0 Å². The van der Waals surface area contributed by atoms with Crippen LogP contribution in [0.3, 0.4) is 0 Å². The van der Waals surface area contributed by atoms with Crippen LogP contribution in [-0.2, 0) is 0 Å². The molecular formula is C23H20N2O3. The Balaban J connectivity index is 1.57. The van der Waals surface area contributed by atoms with Crippen molar-refractivity contribution >= 4 is 17.7 Å². The molecule has 1 aliphatic heterocycles. The molecule has 28 heavy (non-hydrogen) atoms. The van der Waals surface area contributed by atoms with Crippen LogP contribution < -0.4 is 0 Å². The van der Waals surface area contributed by atoms with Gasteiger partial charge in [-0.15, -0.1) is 0 Å². The number of fused-ring (bicyclic) bond motifs is 1. The van der Waals surface area contributed by atoms with Crippen molar-refractivity contribution in [2.45, 2.75) is 25.3 Å². The number of rotatable bonds is 3. The van der Waals surface area contributed by atoms with Crippen LogP contribution >= 0.6 is 0 Å². The molecule has 5 nitrogen and oxygen atoms in total. The number of hydrogen-bond donors (Lipinski definition) is 0. The largest absolute Gasteiger partial charge is 0.467 e. The number of benzene rings is 1. The fourth-order valence-electron chi connectivity index (χ4n) is 4.16. The lowest BCUT2D eigenvalue weighted by Crippen LogP contribution is -2.31. The molecule has 1 aromatic carbocycles. The maximum atomic E-state index is 13.3. The number of carbonyl (C=O) groups excluding carboxylic acids is 1. The number of amides is 1. The van der Waals surface area contributed by atoms with Crippen LogP contribution in [0.25, 0.3) is 6.08 Å². The third-order valence-corrected chi connectivity index (χ3v) is 5.42. The summed E-state index contributed by atoms with van der Waals surface area (Å²) in [5, 5.41) is 6.42. The SMILES string of the molecule is O=C(c1ccccc1)N1N=C2C(=Cc3ccco3)CCCC2C1c1ccco1. The molecule has 0 bridgehead atoms. The summed E-state index contributed by atoms with van der Waals surface area (Å²) in [6, 6.07) is 16.7. The summed E-state index contributed by atoms with van der Waals surface area (Å²) in [5.74, 6) is 1.59. The molecule has 1 amide bonds. The van der Waals surface area contributed by atoms with Gasteiger partial charge in [-0.2, -0.15) is 5.10 Å². The Morgan fingerprint density at radius 1 is 1.04 bits per heavy atom. The molecule has 5 rings (SSSR count). The van der Waals surface area contributed by atoms with E-state index in [0.29, 0.717) is 5.56 Å². The minimum atomic E-state index is -0.224. The van der Waals surface area contributed by atoms with Crippen LogP contribution in [0.15, 0.2) is 86.6 Å². The highest BCUT2D eigenvalue weighted by Gasteiger charge is 2.45. The molecule has 0 radical (unpaired) electrons. The van der Waals surface area contributed by atoms with E-state index in [1.807, 2.05) is 60.7 Å². The maximum absolute atomic E-state index is 13.3. The van der Waals surface area contributed by atoms with Gasteiger partial charge in [-0.25, -0.2) is 5.01 Å². The summed E-state index contributed by atoms with van der Waals surface area (Å²) in [4.78, 5) is 13.3. The van der Waals surface area contributed by atoms with E-state index >= 15 is 0 Å². The van der Waals surface area contributed by atoms with Crippen LogP contribution in [0, 0.1) is 5.92 Å². The van der Waals surface area contributed by atoms with Gasteiger partial charge in [-0.1, -0.05) is 18.2 Å². The minimum Gasteiger partial charge on any atom is -0.467 e. The molecule has 3 aromatic rings. The van der Waals surface area contributed by atoms with Gasteiger partial charge in [-0.05, 0) is 67.3 Å². The van der Waals surface area contributed by atoms with E-state index < -0.39 is 0 Å². The van der Waals surface area contributed by atoms with Crippen molar-refractivity contribution < 1.29 is 13.6 Å². The average Bonchev–Trinajstić information content (AvgIpc) is 3.48. The molecule has 0 N–H and O–H groups in total. The molecule has 0 saturated heterocycles. The van der Waals surface area contributed by atoms with Crippen molar-refractivity contribution in [1.29, 1.82) is 0 Å². The first kappa shape index (κ1) is 16.8. The number of hydrogen-bond acceptors (Lipinski definition) is 4. The van der Waals surface area contributed by atoms with Crippen molar-refractivity contribution in [1.82, 2.24) is 5.01 Å². The Kier molecular flexibility index (Phi) is 4.20. The number of nitrogens with zero attached hydrogens (tertiary/aromatic N) is 2. The van der Waals surface area contributed by atoms with Crippen LogP contribution in [-0.4, -0.2) is 16.6 Å². The summed E-state index contributed by atoms with van der Waals surface area (Å²) < 4.78 is 11.2. The summed E-state index contributed by atoms with van der Waals surface area (Å²) in [5.41, 5.74) is 2.72. The van der Waals surface area contributed by atoms with Crippen molar-refractivity contribution in [2.75, 3.05) is 0 Å². The molecule has 2 unspecified atom stereocenters. The molecule has 1 saturated carbocycles. The summed E-state index contributed by atoms with van der Waals surface area (Å²) in [6.45, 7) is 0. The van der Waals surface area contributed by atoms with Crippen LogP contribution in [0.4, 0.5) is 0 Å². The average molecular weight is 372 g/mol. The normalized spacial score (nSPS) is 22.9. The zero-order valence-electron chi connectivity index (χ0n) is 15.3. The second kappa shape index (κ2) is 7.00. The van der Waals surface area contributed by atoms with E-state index in [1.54, 1.807) is 17.5 Å². The van der Waals surface area contributed by atoms with Gasteiger partial charge in [0, 0.05) is 11.5 Å². The Bertz CT molecular complexity index is 1020. The van der Waals surface area contributed by atoms with Gasteiger partial charge in [-0.3, -0.25) is 4.79 Å². The lowest BCUT2D eigenvalue weighted by Gasteiger charge is -2.27. The lowest BCUT2D eigenvalue weighted by atomic mass is 9.79. The predicted octanol–water partition coefficient (Wildman–Crippen LogP) is 5.31. The van der Waals surface area contributed by atoms with Gasteiger partial charge in [0.1, 0.15) is 17.6 Å². The molecule has 2 aromatic heterocycles. The summed E-state index contributed by atoms with van der Waals surface area (Å²) in [7, 11) is 0. The number of allylic oxidation sites excluding steroid dienone is 1. The van der Waals surface area contributed by atoms with Crippen LogP contribution in [0.2, 0.25) is 0 Å². The van der Waals surface area contributed by atoms with E-state index in [-0.39, 0.29) is 17.9 Å². The smallest absolute Gasteiger partial charge is 0.274 e. The monoisotopic (exact) mass is 372 g/mol. The standard InChI is InChI=1S/C23H20N2O3/c26-23(16-7-2-1-3-8-16)25-22(20-12-6-14-28-20)19-11-4-9-17(21(19)24-25)15-18-10-5-13-27-18/h1-3,5-8,10,12-15,19,22H,4,9,11H2. The van der Waals surface area contributed by atoms with Crippen LogP contribution in [0.5, 0.6) is 0 Å². The Hall–Kier alpha value is -3.34. The van der Waals surface area contributed by atoms with Gasteiger partial charge >= 0.3 is 0 Å². The number of carbonyl (C=O) groups is 1. The Morgan fingerprint density at radius 2 is 1.86 bits per heavy atom. The minimum absolute atomic E-state index is 0.110. The second-order valence-electron chi connectivity index (χ2n) is 7.14. The molecule has 2 atom stereocenters. The van der Waals surface area contributed by atoms with Crippen molar-refractivity contribution in [2.24, 2.45) is 11.0 Å². The summed E-state index contributed by atoms with van der Waals surface area (Å²) >= 11 is 0. The highest BCUT2D eigenvalue weighted by atomic mass is 16.3. The van der Waals surface area contributed by atoms with E-state index in [9.17, 15) is 4.79 Å². The van der Waals surface area contributed by atoms with E-state index in [2.05, 4.69) is 0 Å². The molecule has 5 heteroatoms. The zero-order valence-corrected chi connectivity index (χ0v) is 15.3. The highest BCUT2D eigenvalue weighted by Crippen LogP contribution is 2.45. The molecular weight excluding hydrogens is 352 g/mol. The van der Waals surface area contributed by atoms with Gasteiger partial charge < -0.3 is 8.83 Å². The quantitative estimate of drug-likeness (QED) is 0.626. The lowest BCUT2D eigenvalue weighted by molar-refractivity contribution is 0.0656. The van der Waals surface area contributed by atoms with Crippen molar-refractivity contribution in [3.63, 3.8) is 0 Å². The first-order chi connectivity index (χ1) is 13.8.